The number of halogens is 3. The van der Waals surface area contributed by atoms with Gasteiger partial charge in [0.25, 0.3) is 0 Å². The molecule has 0 spiro atoms. The fourth-order valence-corrected chi connectivity index (χ4v) is 5.57. The summed E-state index contributed by atoms with van der Waals surface area (Å²) >= 11 is 1.07. The molecular weight excluding hydrogens is 600 g/mol. The first-order valence-corrected chi connectivity index (χ1v) is 15.0. The summed E-state index contributed by atoms with van der Waals surface area (Å²) in [6.07, 6.45) is -4.54. The fourth-order valence-electron chi connectivity index (χ4n) is 4.65. The van der Waals surface area contributed by atoms with Gasteiger partial charge in [0.1, 0.15) is 6.04 Å². The van der Waals surface area contributed by atoms with Gasteiger partial charge < -0.3 is 42.4 Å². The summed E-state index contributed by atoms with van der Waals surface area (Å²) in [5.41, 5.74) is 17.2. The maximum Gasteiger partial charge on any atom is 0.492 e. The number of amides is 3. The van der Waals surface area contributed by atoms with Crippen molar-refractivity contribution in [3.8, 4) is 0 Å². The molecule has 2 atom stereocenters. The van der Waals surface area contributed by atoms with Gasteiger partial charge in [-0.15, -0.1) is 11.8 Å². The average Bonchev–Trinajstić information content (AvgIpc) is 3.20. The van der Waals surface area contributed by atoms with Gasteiger partial charge in [-0.05, 0) is 67.7 Å². The molecule has 44 heavy (non-hydrogen) atoms. The Hall–Kier alpha value is -3.15. The Morgan fingerprint density at radius 2 is 1.70 bits per heavy atom. The Morgan fingerprint density at radius 3 is 2.30 bits per heavy atom. The van der Waals surface area contributed by atoms with Gasteiger partial charge in [0.2, 0.25) is 17.7 Å². The minimum atomic E-state index is -4.49. The number of nitrogens with one attached hydrogen (secondary N) is 2. The van der Waals surface area contributed by atoms with Crippen LogP contribution in [0.15, 0.2) is 47.4 Å². The van der Waals surface area contributed by atoms with Gasteiger partial charge in [-0.2, -0.15) is 13.2 Å². The third-order valence-corrected chi connectivity index (χ3v) is 8.13. The molecule has 0 radical (unpaired) electrons. The normalized spacial score (nSPS) is 15.3. The summed E-state index contributed by atoms with van der Waals surface area (Å²) in [6, 6.07) is 7.05. The van der Waals surface area contributed by atoms with Crippen LogP contribution in [-0.4, -0.2) is 78.8 Å². The van der Waals surface area contributed by atoms with E-state index in [0.717, 1.165) is 29.5 Å². The summed E-state index contributed by atoms with van der Waals surface area (Å²) in [5, 5.41) is 15.6. The number of anilines is 1. The first kappa shape index (κ1) is 35.3. The summed E-state index contributed by atoms with van der Waals surface area (Å²) < 4.78 is 44.5. The van der Waals surface area contributed by atoms with Crippen molar-refractivity contribution in [1.82, 2.24) is 10.2 Å². The highest BCUT2D eigenvalue weighted by Crippen LogP contribution is 2.32. The van der Waals surface area contributed by atoms with Crippen molar-refractivity contribution in [3.05, 3.63) is 53.6 Å². The van der Waals surface area contributed by atoms with E-state index < -0.39 is 48.4 Å². The first-order valence-electron chi connectivity index (χ1n) is 14.0. The van der Waals surface area contributed by atoms with Crippen molar-refractivity contribution in [2.75, 3.05) is 37.2 Å². The Bertz CT molecular complexity index is 1310. The number of alkyl halides is 3. The second-order valence-corrected chi connectivity index (χ2v) is 11.9. The molecule has 2 aromatic rings. The Morgan fingerprint density at radius 1 is 1.07 bits per heavy atom. The van der Waals surface area contributed by atoms with Crippen LogP contribution in [0.2, 0.25) is 0 Å². The lowest BCUT2D eigenvalue weighted by Crippen LogP contribution is -2.51. The van der Waals surface area contributed by atoms with Crippen LogP contribution in [0, 0.1) is 0 Å². The van der Waals surface area contributed by atoms with Crippen molar-refractivity contribution in [2.24, 2.45) is 17.2 Å². The quantitative estimate of drug-likeness (QED) is 0.128. The van der Waals surface area contributed by atoms with Gasteiger partial charge in [0.15, 0.2) is 0 Å². The van der Waals surface area contributed by atoms with E-state index in [4.69, 9.17) is 21.9 Å². The van der Waals surface area contributed by atoms with Gasteiger partial charge in [-0.1, -0.05) is 6.07 Å². The molecule has 11 nitrogen and oxygen atoms in total. The lowest BCUT2D eigenvalue weighted by Gasteiger charge is -2.23. The van der Waals surface area contributed by atoms with Crippen LogP contribution in [0.1, 0.15) is 37.8 Å². The van der Waals surface area contributed by atoms with Crippen LogP contribution in [0.5, 0.6) is 0 Å². The highest BCUT2D eigenvalue weighted by molar-refractivity contribution is 7.99. The molecule has 2 aromatic carbocycles. The van der Waals surface area contributed by atoms with Crippen molar-refractivity contribution < 1.29 is 37.2 Å². The molecule has 0 bridgehead atoms. The minimum absolute atomic E-state index is 0.00477. The van der Waals surface area contributed by atoms with Crippen molar-refractivity contribution in [2.45, 2.75) is 55.4 Å². The smallest absolute Gasteiger partial charge is 0.423 e. The van der Waals surface area contributed by atoms with E-state index in [1.807, 2.05) is 0 Å². The molecule has 9 N–H and O–H groups in total. The zero-order chi connectivity index (χ0) is 32.7. The molecule has 0 aromatic heterocycles. The number of thioether (sulfide) groups is 1. The predicted octanol–water partition coefficient (Wildman–Crippen LogP) is 0.727. The number of nitrogens with zero attached hydrogens (tertiary/aromatic N) is 1. The van der Waals surface area contributed by atoms with E-state index in [9.17, 15) is 32.6 Å². The highest BCUT2D eigenvalue weighted by atomic mass is 32.2. The average molecular weight is 639 g/mol. The molecule has 16 heteroatoms. The molecule has 3 amide bonds. The van der Waals surface area contributed by atoms with Gasteiger partial charge in [-0.25, -0.2) is 0 Å². The van der Waals surface area contributed by atoms with Crippen molar-refractivity contribution in [3.63, 3.8) is 0 Å². The van der Waals surface area contributed by atoms with Gasteiger partial charge in [0, 0.05) is 48.9 Å². The number of fused-ring (bicyclic) bond motifs is 1. The summed E-state index contributed by atoms with van der Waals surface area (Å²) in [4.78, 5) is 40.9. The lowest BCUT2D eigenvalue weighted by atomic mass is 9.78. The fraction of sp³-hybridized carbons (Fsp3) is 0.464. The third kappa shape index (κ3) is 9.43. The Labute approximate surface area is 258 Å². The number of carbonyl (C=O) groups is 3. The van der Waals surface area contributed by atoms with Crippen molar-refractivity contribution in [1.29, 1.82) is 0 Å². The lowest BCUT2D eigenvalue weighted by molar-refractivity contribution is -0.137. The van der Waals surface area contributed by atoms with Crippen LogP contribution < -0.4 is 33.3 Å². The zero-order valence-electron chi connectivity index (χ0n) is 24.5. The molecule has 0 fully saturated rings. The molecule has 0 unspecified atom stereocenters. The molecule has 240 valence electrons. The predicted molar refractivity (Wildman–Crippen MR) is 163 cm³/mol. The minimum Gasteiger partial charge on any atom is -0.423 e. The number of carbonyl (C=O) groups excluding carboxylic acids is 3. The van der Waals surface area contributed by atoms with E-state index in [0.29, 0.717) is 29.1 Å². The topological polar surface area (TPSA) is 186 Å². The van der Waals surface area contributed by atoms with Crippen LogP contribution in [0.4, 0.5) is 18.9 Å². The number of nitrogens with two attached hydrogens (primary N) is 3. The molecule has 0 aliphatic carbocycles. The molecule has 1 heterocycles. The molecule has 0 saturated heterocycles. The summed E-state index contributed by atoms with van der Waals surface area (Å²) in [6.45, 7) is 4.72. The van der Waals surface area contributed by atoms with Gasteiger partial charge in [-0.3, -0.25) is 14.4 Å². The Balaban J connectivity index is 1.72. The molecule has 3 rings (SSSR count). The number of benzene rings is 2. The molecule has 0 saturated carbocycles. The maximum absolute atomic E-state index is 13.4. The number of hydrogen-bond acceptors (Lipinski definition) is 9. The second-order valence-electron chi connectivity index (χ2n) is 10.8. The van der Waals surface area contributed by atoms with E-state index >= 15 is 0 Å². The zero-order valence-corrected chi connectivity index (χ0v) is 25.3. The van der Waals surface area contributed by atoms with E-state index in [2.05, 4.69) is 10.6 Å². The van der Waals surface area contributed by atoms with E-state index in [-0.39, 0.29) is 37.6 Å². The van der Waals surface area contributed by atoms with Crippen LogP contribution in [-0.2, 0) is 30.8 Å². The van der Waals surface area contributed by atoms with Crippen LogP contribution in [0.3, 0.4) is 0 Å². The second kappa shape index (κ2) is 15.2. The molecule has 1 aliphatic rings. The van der Waals surface area contributed by atoms with Gasteiger partial charge in [0.05, 0.1) is 17.2 Å². The molecular formula is C28H38BF3N6O5S. The molecule has 1 aliphatic heterocycles. The van der Waals surface area contributed by atoms with Crippen LogP contribution >= 0.6 is 11.8 Å². The number of hydrogen-bond donors (Lipinski definition) is 6. The maximum atomic E-state index is 13.4. The summed E-state index contributed by atoms with van der Waals surface area (Å²) in [7, 11) is -1.19. The first-order chi connectivity index (χ1) is 20.7. The highest BCUT2D eigenvalue weighted by Gasteiger charge is 2.40. The monoisotopic (exact) mass is 638 g/mol. The summed E-state index contributed by atoms with van der Waals surface area (Å²) in [5.74, 6) is -1.61. The SMILES string of the molecule is CC1(C)OB(O)c2cc(NC(=O)[C@@H](CSc3ccc(C(F)(F)F)cc3)NC(=O)[C@@H](N)CCC(=O)N(CCN)CCN)ccc21. The number of rotatable bonds is 14. The van der Waals surface area contributed by atoms with Gasteiger partial charge >= 0.3 is 13.3 Å². The van der Waals surface area contributed by atoms with E-state index in [1.54, 1.807) is 32.0 Å². The Kier molecular flexibility index (Phi) is 12.2. The van der Waals surface area contributed by atoms with E-state index in [1.165, 1.54) is 17.0 Å². The van der Waals surface area contributed by atoms with Crippen LogP contribution in [0.25, 0.3) is 0 Å². The van der Waals surface area contributed by atoms with Crippen molar-refractivity contribution >= 4 is 47.8 Å². The standard InChI is InChI=1S/C28H38BF3N6O5S/c1-27(2)20-8-5-18(15-21(20)29(42)43-27)36-26(41)23(16-44-19-6-3-17(4-7-19)28(30,31)32)37-25(40)22(35)9-10-24(39)38(13-11-33)14-12-34/h3-8,15,22-23,42H,9-14,16,33-35H2,1-2H3,(H,36,41)(H,37,40)/t22-,23+/m0/s1. The third-order valence-electron chi connectivity index (χ3n) is 7.03. The largest absolute Gasteiger partial charge is 0.492 e.